The number of hydrogen-bond donors (Lipinski definition) is 1. The summed E-state index contributed by atoms with van der Waals surface area (Å²) < 4.78 is 5.22. The molecule has 1 atom stereocenters. The molecule has 2 aliphatic rings. The lowest BCUT2D eigenvalue weighted by atomic mass is 9.91. The summed E-state index contributed by atoms with van der Waals surface area (Å²) in [5, 5.41) is 14.9. The molecule has 5 rings (SSSR count). The van der Waals surface area contributed by atoms with Gasteiger partial charge in [-0.2, -0.15) is 0 Å². The summed E-state index contributed by atoms with van der Waals surface area (Å²) >= 11 is 6.24. The van der Waals surface area contributed by atoms with E-state index in [0.29, 0.717) is 37.5 Å². The minimum atomic E-state index is -1.21. The maximum Gasteiger partial charge on any atom is 0.303 e. The van der Waals surface area contributed by atoms with Gasteiger partial charge in [-0.05, 0) is 99.6 Å². The lowest BCUT2D eigenvalue weighted by Crippen LogP contribution is -2.50. The van der Waals surface area contributed by atoms with Crippen LogP contribution < -0.4 is 10.0 Å². The number of aliphatic imine (C=N–C) groups is 1. The molecule has 2 aliphatic heterocycles. The van der Waals surface area contributed by atoms with Crippen molar-refractivity contribution in [2.75, 3.05) is 24.5 Å². The number of piperidine rings is 1. The van der Waals surface area contributed by atoms with Crippen molar-refractivity contribution in [1.82, 2.24) is 9.88 Å². The van der Waals surface area contributed by atoms with Crippen LogP contribution in [0.1, 0.15) is 64.0 Å². The van der Waals surface area contributed by atoms with Crippen LogP contribution in [0.3, 0.4) is 0 Å². The maximum absolute atomic E-state index is 14.1. The highest BCUT2D eigenvalue weighted by Gasteiger charge is 2.36. The predicted octanol–water partition coefficient (Wildman–Crippen LogP) is 4.83. The number of likely N-dealkylation sites (tertiary alicyclic amines) is 1. The molecule has 9 nitrogen and oxygen atoms in total. The Balaban J connectivity index is 1.28. The molecule has 1 aromatic heterocycles. The number of H-pyrrole nitrogens is 1. The van der Waals surface area contributed by atoms with Crippen LogP contribution in [0.4, 0.5) is 5.69 Å². The normalized spacial score (nSPS) is 17.0. The van der Waals surface area contributed by atoms with Gasteiger partial charge in [-0.3, -0.25) is 19.4 Å². The number of benzene rings is 2. The molecule has 10 heteroatoms. The Hall–Kier alpha value is -3.85. The Morgan fingerprint density at radius 2 is 1.89 bits per heavy atom. The smallest absolute Gasteiger partial charge is 0.303 e. The van der Waals surface area contributed by atoms with Crippen LogP contribution in [0.5, 0.6) is 0 Å². The molecule has 44 heavy (non-hydrogen) atoms. The molecule has 1 fully saturated rings. The second-order valence-electron chi connectivity index (χ2n) is 12.3. The van der Waals surface area contributed by atoms with E-state index in [1.165, 1.54) is 6.92 Å². The highest BCUT2D eigenvalue weighted by atomic mass is 35.5. The van der Waals surface area contributed by atoms with Crippen LogP contribution in [0, 0.1) is 5.92 Å². The van der Waals surface area contributed by atoms with Gasteiger partial charge in [0, 0.05) is 60.8 Å². The van der Waals surface area contributed by atoms with Crippen molar-refractivity contribution in [2.45, 2.75) is 77.4 Å². The number of nitrogens with zero attached hydrogens (tertiary/aromatic N) is 3. The van der Waals surface area contributed by atoms with E-state index in [4.69, 9.17) is 16.3 Å². The van der Waals surface area contributed by atoms with Gasteiger partial charge in [0.15, 0.2) is 5.60 Å². The summed E-state index contributed by atoms with van der Waals surface area (Å²) in [6.45, 7) is 6.15. The third-order valence-corrected chi connectivity index (χ3v) is 8.92. The number of amides is 2. The topological polar surface area (TPSA) is 118 Å². The highest BCUT2D eigenvalue weighted by Crippen LogP contribution is 2.31. The van der Waals surface area contributed by atoms with E-state index < -0.39 is 17.6 Å². The van der Waals surface area contributed by atoms with Crippen molar-refractivity contribution in [2.24, 2.45) is 10.9 Å². The monoisotopic (exact) mass is 619 g/mol. The van der Waals surface area contributed by atoms with E-state index >= 15 is 0 Å². The average molecular weight is 620 g/mol. The lowest BCUT2D eigenvalue weighted by molar-refractivity contribution is -0.219. The van der Waals surface area contributed by atoms with Crippen molar-refractivity contribution in [3.63, 3.8) is 0 Å². The lowest BCUT2D eigenvalue weighted by Gasteiger charge is -2.36. The average Bonchev–Trinajstić information content (AvgIpc) is 3.41. The van der Waals surface area contributed by atoms with Gasteiger partial charge in [0.05, 0.1) is 0 Å². The number of aryl methyl sites for hydroxylation is 1. The second kappa shape index (κ2) is 13.4. The fraction of sp³-hybridized carbons (Fsp3) is 0.471. The minimum Gasteiger partial charge on any atom is -0.862 e. The molecule has 1 unspecified atom stereocenters. The number of halogens is 1. The van der Waals surface area contributed by atoms with Crippen molar-refractivity contribution in [3.8, 4) is 0 Å². The predicted molar refractivity (Wildman–Crippen MR) is 170 cm³/mol. The number of hydrogen-bond acceptors (Lipinski definition) is 6. The van der Waals surface area contributed by atoms with Gasteiger partial charge in [0.25, 0.3) is 11.8 Å². The largest absolute Gasteiger partial charge is 0.862 e. The maximum atomic E-state index is 14.1. The number of nitrogens with one attached hydrogen (secondary N) is 1. The van der Waals surface area contributed by atoms with E-state index in [1.54, 1.807) is 29.7 Å². The van der Waals surface area contributed by atoms with Gasteiger partial charge in [0.2, 0.25) is 0 Å². The van der Waals surface area contributed by atoms with Crippen LogP contribution >= 0.6 is 11.6 Å². The van der Waals surface area contributed by atoms with Gasteiger partial charge < -0.3 is 24.6 Å². The number of rotatable bonds is 9. The number of esters is 1. The summed E-state index contributed by atoms with van der Waals surface area (Å²) in [6.07, 6.45) is 6.23. The Labute approximate surface area is 263 Å². The molecule has 0 radical (unpaired) electrons. The van der Waals surface area contributed by atoms with Crippen molar-refractivity contribution >= 4 is 51.9 Å². The summed E-state index contributed by atoms with van der Waals surface area (Å²) in [4.78, 5) is 49.6. The Bertz CT molecular complexity index is 1560. The SMILES string of the molecule is CC(=O)OC(C)(C)C(=O)N1CCC(CCC([O-])=NC(Cc2c[nH]c3ccccc23)C(=O)N2CCCc3cc(Cl)ccc32)CC1. The fourth-order valence-electron chi connectivity index (χ4n) is 6.45. The first kappa shape index (κ1) is 31.6. The van der Waals surface area contributed by atoms with Gasteiger partial charge in [0.1, 0.15) is 6.04 Å². The zero-order valence-electron chi connectivity index (χ0n) is 25.6. The van der Waals surface area contributed by atoms with E-state index in [0.717, 1.165) is 53.4 Å². The van der Waals surface area contributed by atoms with Crippen LogP contribution in [0.15, 0.2) is 53.7 Å². The molecule has 2 amide bonds. The number of ether oxygens (including phenoxy) is 1. The number of aromatic nitrogens is 1. The Kier molecular flexibility index (Phi) is 9.63. The number of carbonyl (C=O) groups is 3. The molecular formula is C34H40ClN4O5-. The Morgan fingerprint density at radius 1 is 1.14 bits per heavy atom. The van der Waals surface area contributed by atoms with Gasteiger partial charge in [-0.15, -0.1) is 0 Å². The molecule has 1 N–H and O–H groups in total. The van der Waals surface area contributed by atoms with E-state index in [1.807, 2.05) is 42.6 Å². The molecule has 3 heterocycles. The number of para-hydroxylation sites is 1. The molecule has 0 saturated carbocycles. The molecule has 0 aliphatic carbocycles. The molecule has 0 bridgehead atoms. The first-order chi connectivity index (χ1) is 21.0. The first-order valence-corrected chi connectivity index (χ1v) is 15.8. The van der Waals surface area contributed by atoms with Gasteiger partial charge >= 0.3 is 5.97 Å². The summed E-state index contributed by atoms with van der Waals surface area (Å²) in [6, 6.07) is 12.6. The third kappa shape index (κ3) is 7.26. The molecule has 1 saturated heterocycles. The van der Waals surface area contributed by atoms with E-state index in [2.05, 4.69) is 9.98 Å². The zero-order valence-corrected chi connectivity index (χ0v) is 26.4. The molecule has 3 aromatic rings. The van der Waals surface area contributed by atoms with Crippen molar-refractivity contribution in [3.05, 3.63) is 64.8 Å². The molecule has 234 valence electrons. The quantitative estimate of drug-likeness (QED) is 0.209. The molecule has 0 spiro atoms. The summed E-state index contributed by atoms with van der Waals surface area (Å²) in [5.41, 5.74) is 2.56. The van der Waals surface area contributed by atoms with E-state index in [-0.39, 0.29) is 30.1 Å². The van der Waals surface area contributed by atoms with Crippen LogP contribution in [0.25, 0.3) is 10.9 Å². The van der Waals surface area contributed by atoms with E-state index in [9.17, 15) is 19.5 Å². The van der Waals surface area contributed by atoms with Crippen LogP contribution in [0.2, 0.25) is 5.02 Å². The fourth-order valence-corrected chi connectivity index (χ4v) is 6.64. The molecular weight excluding hydrogens is 580 g/mol. The van der Waals surface area contributed by atoms with Crippen LogP contribution in [-0.4, -0.2) is 64.8 Å². The number of carbonyl (C=O) groups excluding carboxylic acids is 3. The van der Waals surface area contributed by atoms with Crippen molar-refractivity contribution in [1.29, 1.82) is 0 Å². The minimum absolute atomic E-state index is 0.186. The Morgan fingerprint density at radius 3 is 2.64 bits per heavy atom. The number of aromatic amines is 1. The zero-order chi connectivity index (χ0) is 31.4. The summed E-state index contributed by atoms with van der Waals surface area (Å²) in [5.74, 6) is -0.912. The van der Waals surface area contributed by atoms with Crippen molar-refractivity contribution < 1.29 is 24.2 Å². The van der Waals surface area contributed by atoms with Gasteiger partial charge in [-0.25, -0.2) is 0 Å². The molecule has 2 aromatic carbocycles. The number of anilines is 1. The number of fused-ring (bicyclic) bond motifs is 2. The first-order valence-electron chi connectivity index (χ1n) is 15.4. The summed E-state index contributed by atoms with van der Waals surface area (Å²) in [7, 11) is 0. The second-order valence-corrected chi connectivity index (χ2v) is 12.8. The standard InChI is InChI=1S/C34H41ClN4O5/c1-22(40)44-34(2,3)33(43)38-17-14-23(15-18-38)10-13-31(41)37-29(20-25-21-36-28-9-5-4-8-27(25)28)32(42)39-16-6-7-24-19-26(35)11-12-30(24)39/h4-5,8-9,11-12,19,21,23,29,36H,6-7,10,13-18,20H2,1-3H3,(H,37,41)/p-1. The van der Waals surface area contributed by atoms with Crippen LogP contribution in [-0.2, 0) is 32.0 Å². The third-order valence-electron chi connectivity index (χ3n) is 8.68. The highest BCUT2D eigenvalue weighted by molar-refractivity contribution is 6.30. The van der Waals surface area contributed by atoms with Gasteiger partial charge in [-0.1, -0.05) is 29.8 Å².